The zero-order chi connectivity index (χ0) is 16.9. The Balaban J connectivity index is 1.88. The average molecular weight is 322 g/mol. The number of nitriles is 1. The summed E-state index contributed by atoms with van der Waals surface area (Å²) in [4.78, 5) is 14.8. The van der Waals surface area contributed by atoms with Crippen molar-refractivity contribution < 1.29 is 14.3 Å². The zero-order valence-corrected chi connectivity index (χ0v) is 13.4. The summed E-state index contributed by atoms with van der Waals surface area (Å²) in [6, 6.07) is 16.7. The molecule has 0 spiro atoms. The van der Waals surface area contributed by atoms with Crippen molar-refractivity contribution in [2.75, 3.05) is 31.8 Å². The van der Waals surface area contributed by atoms with E-state index in [4.69, 9.17) is 14.7 Å². The van der Waals surface area contributed by atoms with Gasteiger partial charge in [-0.2, -0.15) is 5.26 Å². The fourth-order valence-electron chi connectivity index (χ4n) is 2.82. The molecule has 2 aromatic carbocycles. The number of hydrogen-bond donors (Lipinski definition) is 0. The van der Waals surface area contributed by atoms with Crippen LogP contribution in [0, 0.1) is 11.3 Å². The predicted octanol–water partition coefficient (Wildman–Crippen LogP) is 2.71. The molecule has 24 heavy (non-hydrogen) atoms. The van der Waals surface area contributed by atoms with Gasteiger partial charge in [-0.15, -0.1) is 0 Å². The number of para-hydroxylation sites is 1. The number of amides is 1. The second kappa shape index (κ2) is 7.16. The first-order valence-corrected chi connectivity index (χ1v) is 7.77. The summed E-state index contributed by atoms with van der Waals surface area (Å²) in [5.41, 5.74) is 2.23. The highest BCUT2D eigenvalue weighted by atomic mass is 16.5. The Bertz CT molecular complexity index is 765. The highest BCUT2D eigenvalue weighted by molar-refractivity contribution is 5.99. The van der Waals surface area contributed by atoms with E-state index in [1.807, 2.05) is 24.3 Å². The maximum Gasteiger partial charge on any atom is 0.238 e. The van der Waals surface area contributed by atoms with Crippen molar-refractivity contribution in [3.8, 4) is 11.8 Å². The summed E-state index contributed by atoms with van der Waals surface area (Å²) >= 11 is 0. The number of benzene rings is 2. The van der Waals surface area contributed by atoms with Crippen LogP contribution < -0.4 is 9.64 Å². The first-order chi connectivity index (χ1) is 11.7. The lowest BCUT2D eigenvalue weighted by Crippen LogP contribution is -2.38. The van der Waals surface area contributed by atoms with E-state index in [1.165, 1.54) is 0 Å². The molecule has 0 fully saturated rings. The van der Waals surface area contributed by atoms with E-state index >= 15 is 0 Å². The van der Waals surface area contributed by atoms with E-state index in [-0.39, 0.29) is 11.8 Å². The molecule has 5 heteroatoms. The van der Waals surface area contributed by atoms with Crippen LogP contribution in [0.1, 0.15) is 17.0 Å². The standard InChI is InChI=1S/C19H18N2O3/c1-23-11-10-21(15-8-6-14(12-20)7-9-15)19(22)17-13-24-18-5-3-2-4-16(17)18/h2-9,17H,10-11,13H2,1H3. The fourth-order valence-corrected chi connectivity index (χ4v) is 2.82. The van der Waals surface area contributed by atoms with Crippen LogP contribution in [0.2, 0.25) is 0 Å². The number of hydrogen-bond acceptors (Lipinski definition) is 4. The average Bonchev–Trinajstić information content (AvgIpc) is 3.06. The number of rotatable bonds is 5. The largest absolute Gasteiger partial charge is 0.492 e. The molecule has 2 aromatic rings. The van der Waals surface area contributed by atoms with Gasteiger partial charge in [-0.1, -0.05) is 18.2 Å². The van der Waals surface area contributed by atoms with Gasteiger partial charge in [-0.3, -0.25) is 4.79 Å². The van der Waals surface area contributed by atoms with E-state index in [1.54, 1.807) is 36.3 Å². The maximum atomic E-state index is 13.1. The first-order valence-electron chi connectivity index (χ1n) is 7.77. The Morgan fingerprint density at radius 2 is 2.04 bits per heavy atom. The monoisotopic (exact) mass is 322 g/mol. The molecule has 0 radical (unpaired) electrons. The predicted molar refractivity (Wildman–Crippen MR) is 90.1 cm³/mol. The molecular weight excluding hydrogens is 304 g/mol. The van der Waals surface area contributed by atoms with Gasteiger partial charge in [-0.05, 0) is 30.3 Å². The summed E-state index contributed by atoms with van der Waals surface area (Å²) in [5.74, 6) is 0.415. The van der Waals surface area contributed by atoms with Crippen LogP contribution >= 0.6 is 0 Å². The molecule has 0 bridgehead atoms. The molecule has 3 rings (SSSR count). The third kappa shape index (κ3) is 3.10. The molecule has 1 atom stereocenters. The van der Waals surface area contributed by atoms with Crippen molar-refractivity contribution in [2.45, 2.75) is 5.92 Å². The molecule has 0 saturated heterocycles. The SMILES string of the molecule is COCCN(C(=O)C1COc2ccccc21)c1ccc(C#N)cc1. The minimum Gasteiger partial charge on any atom is -0.492 e. The van der Waals surface area contributed by atoms with E-state index in [0.717, 1.165) is 17.0 Å². The number of fused-ring (bicyclic) bond motifs is 1. The number of anilines is 1. The Labute approximate surface area is 141 Å². The normalized spacial score (nSPS) is 15.2. The smallest absolute Gasteiger partial charge is 0.238 e. The van der Waals surface area contributed by atoms with Crippen LogP contribution in [0.5, 0.6) is 5.75 Å². The van der Waals surface area contributed by atoms with Crippen molar-refractivity contribution in [3.05, 3.63) is 59.7 Å². The van der Waals surface area contributed by atoms with Crippen LogP contribution in [-0.2, 0) is 9.53 Å². The number of nitrogens with zero attached hydrogens (tertiary/aromatic N) is 2. The number of methoxy groups -OCH3 is 1. The molecule has 1 aliphatic rings. The summed E-state index contributed by atoms with van der Waals surface area (Å²) < 4.78 is 10.8. The van der Waals surface area contributed by atoms with Crippen LogP contribution in [0.4, 0.5) is 5.69 Å². The first kappa shape index (κ1) is 16.0. The second-order valence-electron chi connectivity index (χ2n) is 5.54. The van der Waals surface area contributed by atoms with Crippen molar-refractivity contribution in [2.24, 2.45) is 0 Å². The molecular formula is C19H18N2O3. The van der Waals surface area contributed by atoms with Gasteiger partial charge in [0.25, 0.3) is 0 Å². The lowest BCUT2D eigenvalue weighted by Gasteiger charge is -2.25. The van der Waals surface area contributed by atoms with E-state index in [0.29, 0.717) is 25.3 Å². The Kier molecular flexibility index (Phi) is 4.78. The maximum absolute atomic E-state index is 13.1. The quantitative estimate of drug-likeness (QED) is 0.849. The number of carbonyl (C=O) groups excluding carboxylic acids is 1. The molecule has 122 valence electrons. The highest BCUT2D eigenvalue weighted by Gasteiger charge is 2.33. The van der Waals surface area contributed by atoms with Crippen LogP contribution in [-0.4, -0.2) is 32.8 Å². The van der Waals surface area contributed by atoms with Crippen LogP contribution in [0.15, 0.2) is 48.5 Å². The molecule has 0 aromatic heterocycles. The molecule has 1 heterocycles. The molecule has 1 aliphatic heterocycles. The second-order valence-corrected chi connectivity index (χ2v) is 5.54. The summed E-state index contributed by atoms with van der Waals surface area (Å²) in [5, 5.41) is 8.93. The number of carbonyl (C=O) groups is 1. The van der Waals surface area contributed by atoms with E-state index in [9.17, 15) is 4.79 Å². The minimum absolute atomic E-state index is 0.0262. The topological polar surface area (TPSA) is 62.6 Å². The van der Waals surface area contributed by atoms with Crippen molar-refractivity contribution in [1.29, 1.82) is 5.26 Å². The third-order valence-corrected chi connectivity index (χ3v) is 4.09. The number of ether oxygens (including phenoxy) is 2. The van der Waals surface area contributed by atoms with Crippen molar-refractivity contribution >= 4 is 11.6 Å². The van der Waals surface area contributed by atoms with Crippen molar-refractivity contribution in [3.63, 3.8) is 0 Å². The Morgan fingerprint density at radius 1 is 1.29 bits per heavy atom. The summed E-state index contributed by atoms with van der Waals surface area (Å²) in [6.07, 6.45) is 0. The molecule has 0 N–H and O–H groups in total. The van der Waals surface area contributed by atoms with Gasteiger partial charge in [0.15, 0.2) is 0 Å². The lowest BCUT2D eigenvalue weighted by molar-refractivity contribution is -0.120. The summed E-state index contributed by atoms with van der Waals surface area (Å²) in [6.45, 7) is 1.22. The molecule has 0 saturated carbocycles. The minimum atomic E-state index is -0.325. The van der Waals surface area contributed by atoms with Gasteiger partial charge in [0, 0.05) is 24.9 Å². The van der Waals surface area contributed by atoms with Crippen molar-refractivity contribution in [1.82, 2.24) is 0 Å². The lowest BCUT2D eigenvalue weighted by atomic mass is 9.99. The zero-order valence-electron chi connectivity index (χ0n) is 13.4. The van der Waals surface area contributed by atoms with E-state index in [2.05, 4.69) is 6.07 Å². The molecule has 0 aliphatic carbocycles. The van der Waals surface area contributed by atoms with Crippen LogP contribution in [0.25, 0.3) is 0 Å². The van der Waals surface area contributed by atoms with Gasteiger partial charge in [0.05, 0.1) is 18.2 Å². The summed E-state index contributed by atoms with van der Waals surface area (Å²) in [7, 11) is 1.61. The Morgan fingerprint density at radius 3 is 2.75 bits per heavy atom. The van der Waals surface area contributed by atoms with E-state index < -0.39 is 0 Å². The highest BCUT2D eigenvalue weighted by Crippen LogP contribution is 2.35. The van der Waals surface area contributed by atoms with Gasteiger partial charge >= 0.3 is 0 Å². The molecule has 1 unspecified atom stereocenters. The van der Waals surface area contributed by atoms with Crippen LogP contribution in [0.3, 0.4) is 0 Å². The molecule has 1 amide bonds. The Hall–Kier alpha value is -2.84. The van der Waals surface area contributed by atoms with Gasteiger partial charge in [0.2, 0.25) is 5.91 Å². The van der Waals surface area contributed by atoms with Gasteiger partial charge in [0.1, 0.15) is 18.3 Å². The fraction of sp³-hybridized carbons (Fsp3) is 0.263. The van der Waals surface area contributed by atoms with Gasteiger partial charge in [-0.25, -0.2) is 0 Å². The third-order valence-electron chi connectivity index (χ3n) is 4.09. The molecule has 5 nitrogen and oxygen atoms in total. The van der Waals surface area contributed by atoms with Gasteiger partial charge < -0.3 is 14.4 Å².